The van der Waals surface area contributed by atoms with Crippen LogP contribution in [0.3, 0.4) is 0 Å². The Morgan fingerprint density at radius 1 is 0.500 bits per heavy atom. The molecular weight excluding hydrogens is 410 g/mol. The number of benzene rings is 5. The molecule has 0 radical (unpaired) electrons. The van der Waals surface area contributed by atoms with Gasteiger partial charge in [-0.15, -0.1) is 0 Å². The number of hydrogen-bond acceptors (Lipinski definition) is 1. The van der Waals surface area contributed by atoms with E-state index in [2.05, 4.69) is 134 Å². The normalized spacial score (nSPS) is 15.8. The molecule has 0 heterocycles. The molecule has 0 aliphatic heterocycles. The van der Waals surface area contributed by atoms with Crippen molar-refractivity contribution in [2.75, 3.05) is 0 Å². The van der Waals surface area contributed by atoms with Crippen molar-refractivity contribution in [3.63, 3.8) is 0 Å². The first-order chi connectivity index (χ1) is 16.3. The van der Waals surface area contributed by atoms with Crippen LogP contribution in [-0.2, 0) is 11.8 Å². The Balaban J connectivity index is 0.00000241. The molecule has 0 saturated heterocycles. The van der Waals surface area contributed by atoms with Crippen LogP contribution in [0.15, 0.2) is 127 Å². The lowest BCUT2D eigenvalue weighted by Crippen LogP contribution is -2.25. The van der Waals surface area contributed by atoms with Crippen LogP contribution in [0.25, 0.3) is 33.4 Å². The second-order valence-corrected chi connectivity index (χ2v) is 9.18. The van der Waals surface area contributed by atoms with Crippen molar-refractivity contribution >= 4 is 0 Å². The third kappa shape index (κ3) is 3.46. The summed E-state index contributed by atoms with van der Waals surface area (Å²) in [6.45, 7) is 2.44. The highest BCUT2D eigenvalue weighted by Crippen LogP contribution is 2.55. The summed E-state index contributed by atoms with van der Waals surface area (Å²) in [7, 11) is 0. The number of hydrogen-bond donors (Lipinski definition) is 1. The van der Waals surface area contributed by atoms with Crippen LogP contribution in [-0.4, -0.2) is 0 Å². The molecule has 1 heteroatoms. The maximum absolute atomic E-state index is 2.44. The Labute approximate surface area is 202 Å². The molecule has 1 nitrogen and oxygen atoms in total. The average Bonchev–Trinajstić information content (AvgIpc) is 3.13. The summed E-state index contributed by atoms with van der Waals surface area (Å²) in [6, 6.07) is 46.3. The first-order valence-electron chi connectivity index (χ1n) is 11.7. The van der Waals surface area contributed by atoms with Gasteiger partial charge in [-0.1, -0.05) is 134 Å². The van der Waals surface area contributed by atoms with Gasteiger partial charge in [-0.25, -0.2) is 0 Å². The maximum Gasteiger partial charge on any atom is 0.0233 e. The van der Waals surface area contributed by atoms with Gasteiger partial charge in [0.05, 0.1) is 0 Å². The Morgan fingerprint density at radius 2 is 1.03 bits per heavy atom. The summed E-state index contributed by atoms with van der Waals surface area (Å²) in [6.07, 6.45) is 0.968. The van der Waals surface area contributed by atoms with Crippen LogP contribution in [0.1, 0.15) is 23.6 Å². The van der Waals surface area contributed by atoms with Gasteiger partial charge >= 0.3 is 0 Å². The molecule has 34 heavy (non-hydrogen) atoms. The minimum Gasteiger partial charge on any atom is -0.344 e. The van der Waals surface area contributed by atoms with E-state index in [0.29, 0.717) is 0 Å². The first-order valence-corrected chi connectivity index (χ1v) is 11.7. The third-order valence-corrected chi connectivity index (χ3v) is 7.12. The van der Waals surface area contributed by atoms with E-state index in [9.17, 15) is 0 Å². The van der Waals surface area contributed by atoms with E-state index in [1.165, 1.54) is 50.1 Å². The average molecular weight is 440 g/mol. The molecule has 3 N–H and O–H groups in total. The molecule has 5 aromatic carbocycles. The largest absolute Gasteiger partial charge is 0.344 e. The minimum atomic E-state index is -0.122. The molecule has 166 valence electrons. The third-order valence-electron chi connectivity index (χ3n) is 7.12. The molecule has 0 bridgehead atoms. The summed E-state index contributed by atoms with van der Waals surface area (Å²) in [5.74, 6) is 0. The van der Waals surface area contributed by atoms with E-state index in [4.69, 9.17) is 0 Å². The zero-order valence-electron chi connectivity index (χ0n) is 19.5. The SMILES string of the molecule is CC1(Cc2ccccc2)c2ccccc2-c2ccc(-c3ccccc3)c(-c3ccccc3)c21.N. The van der Waals surface area contributed by atoms with E-state index >= 15 is 0 Å². The highest BCUT2D eigenvalue weighted by molar-refractivity contribution is 5.95. The van der Waals surface area contributed by atoms with Crippen LogP contribution in [0.4, 0.5) is 0 Å². The van der Waals surface area contributed by atoms with Gasteiger partial charge in [0.1, 0.15) is 0 Å². The van der Waals surface area contributed by atoms with Gasteiger partial charge in [-0.05, 0) is 56.5 Å². The lowest BCUT2D eigenvalue weighted by molar-refractivity contribution is 0.584. The number of fused-ring (bicyclic) bond motifs is 3. The predicted molar refractivity (Wildman–Crippen MR) is 144 cm³/mol. The van der Waals surface area contributed by atoms with Crippen LogP contribution >= 0.6 is 0 Å². The number of rotatable bonds is 4. The minimum absolute atomic E-state index is 0. The molecule has 0 amide bonds. The smallest absolute Gasteiger partial charge is 0.0233 e. The van der Waals surface area contributed by atoms with Crippen molar-refractivity contribution in [1.29, 1.82) is 0 Å². The fourth-order valence-electron chi connectivity index (χ4n) is 5.68. The van der Waals surface area contributed by atoms with E-state index in [1.54, 1.807) is 0 Å². The molecule has 1 aliphatic carbocycles. The maximum atomic E-state index is 2.44. The van der Waals surface area contributed by atoms with Crippen molar-refractivity contribution < 1.29 is 0 Å². The van der Waals surface area contributed by atoms with Gasteiger partial charge in [0.2, 0.25) is 0 Å². The molecule has 0 fully saturated rings. The summed E-state index contributed by atoms with van der Waals surface area (Å²) < 4.78 is 0. The monoisotopic (exact) mass is 439 g/mol. The zero-order chi connectivity index (χ0) is 22.3. The lowest BCUT2D eigenvalue weighted by atomic mass is 9.71. The molecule has 6 rings (SSSR count). The Morgan fingerprint density at radius 3 is 1.71 bits per heavy atom. The Bertz CT molecular complexity index is 1420. The summed E-state index contributed by atoms with van der Waals surface area (Å²) in [5.41, 5.74) is 12.0. The molecule has 1 atom stereocenters. The quantitative estimate of drug-likeness (QED) is 0.298. The van der Waals surface area contributed by atoms with Crippen molar-refractivity contribution in [3.8, 4) is 33.4 Å². The molecule has 0 spiro atoms. The molecule has 1 unspecified atom stereocenters. The van der Waals surface area contributed by atoms with Gasteiger partial charge in [0.25, 0.3) is 0 Å². The summed E-state index contributed by atoms with van der Waals surface area (Å²) >= 11 is 0. The van der Waals surface area contributed by atoms with Crippen molar-refractivity contribution in [1.82, 2.24) is 6.15 Å². The predicted octanol–water partition coefficient (Wildman–Crippen LogP) is 8.71. The van der Waals surface area contributed by atoms with Crippen molar-refractivity contribution in [2.45, 2.75) is 18.8 Å². The van der Waals surface area contributed by atoms with Gasteiger partial charge in [0.15, 0.2) is 0 Å². The zero-order valence-corrected chi connectivity index (χ0v) is 19.5. The van der Waals surface area contributed by atoms with Crippen molar-refractivity contribution in [2.24, 2.45) is 0 Å². The van der Waals surface area contributed by atoms with E-state index in [1.807, 2.05) is 0 Å². The highest BCUT2D eigenvalue weighted by atomic mass is 14.4. The molecular formula is C33H29N. The van der Waals surface area contributed by atoms with E-state index in [-0.39, 0.29) is 11.6 Å². The van der Waals surface area contributed by atoms with Crippen LogP contribution in [0, 0.1) is 0 Å². The fraction of sp³-hybridized carbons (Fsp3) is 0.0909. The van der Waals surface area contributed by atoms with Crippen LogP contribution < -0.4 is 6.15 Å². The van der Waals surface area contributed by atoms with Crippen LogP contribution in [0.5, 0.6) is 0 Å². The van der Waals surface area contributed by atoms with Gasteiger partial charge in [0, 0.05) is 5.41 Å². The van der Waals surface area contributed by atoms with Crippen LogP contribution in [0.2, 0.25) is 0 Å². The Kier molecular flexibility index (Phi) is 5.65. The van der Waals surface area contributed by atoms with Gasteiger partial charge in [-0.3, -0.25) is 0 Å². The van der Waals surface area contributed by atoms with E-state index in [0.717, 1.165) is 6.42 Å². The van der Waals surface area contributed by atoms with Crippen molar-refractivity contribution in [3.05, 3.63) is 144 Å². The molecule has 5 aromatic rings. The van der Waals surface area contributed by atoms with Gasteiger partial charge in [-0.2, -0.15) is 0 Å². The topological polar surface area (TPSA) is 35.0 Å². The lowest BCUT2D eigenvalue weighted by Gasteiger charge is -2.31. The standard InChI is InChI=1S/C33H26.H3N/c1-33(23-24-13-5-2-6-14-24)30-20-12-11-19-28(30)29-22-21-27(25-15-7-3-8-16-25)31(32(29)33)26-17-9-4-10-18-26;/h2-22H,23H2,1H3;1H3. The first kappa shape index (κ1) is 21.9. The molecule has 1 aliphatic rings. The second-order valence-electron chi connectivity index (χ2n) is 9.18. The molecule has 0 saturated carbocycles. The summed E-state index contributed by atoms with van der Waals surface area (Å²) in [4.78, 5) is 0. The van der Waals surface area contributed by atoms with E-state index < -0.39 is 0 Å². The van der Waals surface area contributed by atoms with Gasteiger partial charge < -0.3 is 6.15 Å². The molecule has 0 aromatic heterocycles. The highest BCUT2D eigenvalue weighted by Gasteiger charge is 2.41. The fourth-order valence-corrected chi connectivity index (χ4v) is 5.68. The summed E-state index contributed by atoms with van der Waals surface area (Å²) in [5, 5.41) is 0. The second kappa shape index (κ2) is 8.78. The Hall–Kier alpha value is -3.94.